The monoisotopic (exact) mass is 449 g/mol. The summed E-state index contributed by atoms with van der Waals surface area (Å²) in [5.74, 6) is -0.778. The zero-order valence-corrected chi connectivity index (χ0v) is 18.9. The molecule has 168 valence electrons. The summed E-state index contributed by atoms with van der Waals surface area (Å²) in [4.78, 5) is 27.7. The van der Waals surface area contributed by atoms with E-state index < -0.39 is 17.2 Å². The van der Waals surface area contributed by atoms with Gasteiger partial charge in [-0.3, -0.25) is 4.79 Å². The molecule has 9 heteroatoms. The second kappa shape index (κ2) is 8.35. The Bertz CT molecular complexity index is 1100. The molecule has 1 aromatic carbocycles. The maximum absolute atomic E-state index is 15.4. The molecule has 0 spiro atoms. The molecule has 2 heterocycles. The number of carbonyl (C=O) groups excluding carboxylic acids is 1. The number of esters is 1. The molecular weight excluding hydrogens is 421 g/mol. The van der Waals surface area contributed by atoms with Gasteiger partial charge in [-0.25, -0.2) is 9.18 Å². The molecule has 31 heavy (non-hydrogen) atoms. The van der Waals surface area contributed by atoms with Crippen LogP contribution >= 0.6 is 12.6 Å². The van der Waals surface area contributed by atoms with Crippen LogP contribution < -0.4 is 20.8 Å². The minimum Gasteiger partial charge on any atom is -0.492 e. The third-order valence-corrected chi connectivity index (χ3v) is 6.67. The van der Waals surface area contributed by atoms with Crippen LogP contribution in [-0.2, 0) is 4.74 Å². The Morgan fingerprint density at radius 1 is 1.39 bits per heavy atom. The van der Waals surface area contributed by atoms with Crippen molar-refractivity contribution < 1.29 is 18.7 Å². The molecule has 1 unspecified atom stereocenters. The fraction of sp³-hybridized carbons (Fsp3) is 0.545. The summed E-state index contributed by atoms with van der Waals surface area (Å²) in [6, 6.07) is 1.27. The molecule has 2 aliphatic rings. The first-order valence-electron chi connectivity index (χ1n) is 10.6. The number of methoxy groups -OCH3 is 1. The summed E-state index contributed by atoms with van der Waals surface area (Å²) < 4.78 is 28.0. The summed E-state index contributed by atoms with van der Waals surface area (Å²) in [6.07, 6.45) is 2.60. The number of nitrogens with two attached hydrogens (primary N) is 1. The van der Waals surface area contributed by atoms with Gasteiger partial charge in [0.25, 0.3) is 0 Å². The van der Waals surface area contributed by atoms with Crippen LogP contribution in [0.5, 0.6) is 5.75 Å². The lowest BCUT2D eigenvalue weighted by molar-refractivity contribution is 0.0519. The lowest BCUT2D eigenvalue weighted by atomic mass is 10.0. The SMILES string of the molecule is CCOC(=O)c1c(S)n(C2CC2)c2c(OC)c(N3CCC([C@H](C)N)C3)c(F)cc2c1=O. The van der Waals surface area contributed by atoms with Gasteiger partial charge < -0.3 is 24.7 Å². The van der Waals surface area contributed by atoms with E-state index in [2.05, 4.69) is 12.6 Å². The van der Waals surface area contributed by atoms with Crippen molar-refractivity contribution in [2.45, 2.75) is 50.2 Å². The molecule has 2 aromatic rings. The Morgan fingerprint density at radius 3 is 2.65 bits per heavy atom. The number of rotatable bonds is 6. The third kappa shape index (κ3) is 3.67. The number of benzene rings is 1. The van der Waals surface area contributed by atoms with Gasteiger partial charge >= 0.3 is 5.97 Å². The number of pyridine rings is 1. The van der Waals surface area contributed by atoms with E-state index in [1.165, 1.54) is 13.2 Å². The Balaban J connectivity index is 1.99. The Kier molecular flexibility index (Phi) is 5.91. The first-order valence-corrected chi connectivity index (χ1v) is 11.1. The van der Waals surface area contributed by atoms with E-state index in [0.717, 1.165) is 19.3 Å². The molecule has 1 saturated carbocycles. The van der Waals surface area contributed by atoms with Crippen LogP contribution in [0.3, 0.4) is 0 Å². The first-order chi connectivity index (χ1) is 14.8. The van der Waals surface area contributed by atoms with Crippen molar-refractivity contribution in [3.05, 3.63) is 27.7 Å². The molecule has 1 saturated heterocycles. The smallest absolute Gasteiger partial charge is 0.344 e. The fourth-order valence-corrected chi connectivity index (χ4v) is 4.92. The number of hydrogen-bond donors (Lipinski definition) is 2. The van der Waals surface area contributed by atoms with Gasteiger partial charge in [0.15, 0.2) is 11.6 Å². The maximum Gasteiger partial charge on any atom is 0.344 e. The van der Waals surface area contributed by atoms with Gasteiger partial charge in [0, 0.05) is 25.2 Å². The van der Waals surface area contributed by atoms with E-state index in [1.807, 2.05) is 16.4 Å². The summed E-state index contributed by atoms with van der Waals surface area (Å²) in [6.45, 7) is 5.00. The number of halogens is 1. The van der Waals surface area contributed by atoms with Crippen LogP contribution in [0.25, 0.3) is 10.9 Å². The second-order valence-electron chi connectivity index (χ2n) is 8.34. The second-order valence-corrected chi connectivity index (χ2v) is 8.76. The van der Waals surface area contributed by atoms with Gasteiger partial charge in [0.05, 0.1) is 29.6 Å². The van der Waals surface area contributed by atoms with E-state index in [1.54, 1.807) is 6.92 Å². The van der Waals surface area contributed by atoms with E-state index in [-0.39, 0.29) is 46.3 Å². The first kappa shape index (κ1) is 22.0. The van der Waals surface area contributed by atoms with Crippen molar-refractivity contribution in [1.29, 1.82) is 0 Å². The highest BCUT2D eigenvalue weighted by molar-refractivity contribution is 7.80. The topological polar surface area (TPSA) is 86.8 Å². The van der Waals surface area contributed by atoms with Crippen LogP contribution in [0.4, 0.5) is 10.1 Å². The van der Waals surface area contributed by atoms with Crippen molar-refractivity contribution in [2.24, 2.45) is 11.7 Å². The molecule has 4 rings (SSSR count). The van der Waals surface area contributed by atoms with E-state index in [9.17, 15) is 9.59 Å². The van der Waals surface area contributed by atoms with Gasteiger partial charge in [-0.05, 0) is 45.1 Å². The van der Waals surface area contributed by atoms with Crippen molar-refractivity contribution in [3.63, 3.8) is 0 Å². The molecule has 1 aliphatic carbocycles. The van der Waals surface area contributed by atoms with E-state index >= 15 is 4.39 Å². The molecular formula is C22H28FN3O4S. The quantitative estimate of drug-likeness (QED) is 0.521. The van der Waals surface area contributed by atoms with Gasteiger partial charge in [0.2, 0.25) is 5.43 Å². The minimum atomic E-state index is -0.753. The number of anilines is 1. The maximum atomic E-state index is 15.4. The van der Waals surface area contributed by atoms with Gasteiger partial charge in [-0.15, -0.1) is 12.6 Å². The normalized spacial score (nSPS) is 19.7. The number of aromatic nitrogens is 1. The minimum absolute atomic E-state index is 0.000313. The molecule has 2 atom stereocenters. The Morgan fingerprint density at radius 2 is 2.10 bits per heavy atom. The van der Waals surface area contributed by atoms with Gasteiger partial charge in [0.1, 0.15) is 11.3 Å². The van der Waals surface area contributed by atoms with Crippen LogP contribution in [0.1, 0.15) is 49.5 Å². The lowest BCUT2D eigenvalue weighted by Crippen LogP contribution is -2.30. The van der Waals surface area contributed by atoms with Crippen molar-refractivity contribution in [3.8, 4) is 5.75 Å². The zero-order valence-electron chi connectivity index (χ0n) is 18.0. The number of nitrogens with zero attached hydrogens (tertiary/aromatic N) is 2. The third-order valence-electron chi connectivity index (χ3n) is 6.23. The number of fused-ring (bicyclic) bond motifs is 1. The predicted octanol–water partition coefficient (Wildman–Crippen LogP) is 3.12. The van der Waals surface area contributed by atoms with Crippen LogP contribution in [0.15, 0.2) is 15.9 Å². The lowest BCUT2D eigenvalue weighted by Gasteiger charge is -2.26. The largest absolute Gasteiger partial charge is 0.492 e. The highest BCUT2D eigenvalue weighted by Crippen LogP contribution is 2.46. The Labute approximate surface area is 185 Å². The fourth-order valence-electron chi connectivity index (χ4n) is 4.46. The molecule has 0 radical (unpaired) electrons. The number of thiol groups is 1. The summed E-state index contributed by atoms with van der Waals surface area (Å²) in [7, 11) is 1.47. The molecule has 2 fully saturated rings. The summed E-state index contributed by atoms with van der Waals surface area (Å²) >= 11 is 4.55. The van der Waals surface area contributed by atoms with Crippen LogP contribution in [0.2, 0.25) is 0 Å². The van der Waals surface area contributed by atoms with E-state index in [0.29, 0.717) is 24.3 Å². The molecule has 1 aliphatic heterocycles. The van der Waals surface area contributed by atoms with Gasteiger partial charge in [-0.1, -0.05) is 0 Å². The van der Waals surface area contributed by atoms with Gasteiger partial charge in [-0.2, -0.15) is 0 Å². The molecule has 7 nitrogen and oxygen atoms in total. The highest BCUT2D eigenvalue weighted by Gasteiger charge is 2.35. The summed E-state index contributed by atoms with van der Waals surface area (Å²) in [5.41, 5.74) is 6.08. The van der Waals surface area contributed by atoms with E-state index in [4.69, 9.17) is 15.2 Å². The number of carbonyl (C=O) groups is 1. The molecule has 0 amide bonds. The molecule has 2 N–H and O–H groups in total. The average Bonchev–Trinajstić information content (AvgIpc) is 3.43. The molecule has 0 bridgehead atoms. The standard InChI is InChI=1S/C22H28FN3O4S/c1-4-30-22(28)16-19(27)14-9-15(23)18(25-8-7-12(10-25)11(2)24)20(29-3)17(14)26(21(16)31)13-5-6-13/h9,11-13,31H,4-8,10,24H2,1-3H3/t11-,12?/m0/s1. The van der Waals surface area contributed by atoms with Crippen molar-refractivity contribution in [2.75, 3.05) is 31.7 Å². The van der Waals surface area contributed by atoms with Crippen molar-refractivity contribution in [1.82, 2.24) is 4.57 Å². The van der Waals surface area contributed by atoms with Crippen molar-refractivity contribution >= 4 is 35.2 Å². The number of hydrogen-bond acceptors (Lipinski definition) is 7. The summed E-state index contributed by atoms with van der Waals surface area (Å²) in [5, 5.41) is 0.318. The molecule has 1 aromatic heterocycles. The number of ether oxygens (including phenoxy) is 2. The zero-order chi connectivity index (χ0) is 22.4. The van der Waals surface area contributed by atoms with Crippen LogP contribution in [0, 0.1) is 11.7 Å². The predicted molar refractivity (Wildman–Crippen MR) is 120 cm³/mol. The Hall–Kier alpha value is -2.26. The highest BCUT2D eigenvalue weighted by atomic mass is 32.1. The van der Waals surface area contributed by atoms with Crippen LogP contribution in [-0.4, -0.2) is 43.4 Å². The average molecular weight is 450 g/mol.